The van der Waals surface area contributed by atoms with Gasteiger partial charge in [0.2, 0.25) is 11.8 Å². The van der Waals surface area contributed by atoms with Crippen LogP contribution in [0.5, 0.6) is 11.5 Å². The highest BCUT2D eigenvalue weighted by atomic mass is 127. The van der Waals surface area contributed by atoms with E-state index < -0.39 is 56.0 Å². The molecule has 2 fully saturated rings. The van der Waals surface area contributed by atoms with Gasteiger partial charge in [-0.1, -0.05) is 124 Å². The Balaban J connectivity index is 1.24. The minimum absolute atomic E-state index is 0.0662. The third-order valence-corrected chi connectivity index (χ3v) is 18.7. The summed E-state index contributed by atoms with van der Waals surface area (Å²) in [6, 6.07) is 39.9. The number of ether oxygens (including phenoxy) is 1. The van der Waals surface area contributed by atoms with Crippen molar-refractivity contribution in [2.45, 2.75) is 57.5 Å². The molecule has 5 aromatic rings. The molecule has 2 heterocycles. The number of phenolic OH excluding ortho intramolecular Hbond substituents is 1. The quantitative estimate of drug-likeness (QED) is 0.0225. The number of hydrogen-bond donors (Lipinski definition) is 2. The number of carbonyl (C=O) groups excluding carboxylic acids is 2. The zero-order valence-electron chi connectivity index (χ0n) is 36.1. The van der Waals surface area contributed by atoms with Crippen LogP contribution < -0.4 is 20.0 Å². The van der Waals surface area contributed by atoms with Crippen LogP contribution in [-0.2, 0) is 18.7 Å². The number of fused-ring (bicyclic) bond motifs is 3. The van der Waals surface area contributed by atoms with Gasteiger partial charge in [-0.25, -0.2) is 4.90 Å². The number of amides is 2. The van der Waals surface area contributed by atoms with Crippen LogP contribution in [0.2, 0.25) is 11.4 Å². The van der Waals surface area contributed by atoms with E-state index in [4.69, 9.17) is 13.8 Å². The lowest BCUT2D eigenvalue weighted by Gasteiger charge is -2.46. The van der Waals surface area contributed by atoms with E-state index >= 15 is 0 Å². The van der Waals surface area contributed by atoms with Crippen molar-refractivity contribution in [1.82, 2.24) is 0 Å². The summed E-state index contributed by atoms with van der Waals surface area (Å²) in [5.41, 5.74) is 4.43. The number of halogens is 1. The molecule has 8 rings (SSSR count). The molecule has 14 heteroatoms. The molecule has 64 heavy (non-hydrogen) atoms. The van der Waals surface area contributed by atoms with Gasteiger partial charge in [-0.3, -0.25) is 19.7 Å². The second-order valence-corrected chi connectivity index (χ2v) is 23.2. The minimum atomic E-state index is -3.10. The Morgan fingerprint density at radius 2 is 1.56 bits per heavy atom. The molecule has 2 saturated heterocycles. The van der Waals surface area contributed by atoms with E-state index in [1.165, 1.54) is 25.3 Å². The van der Waals surface area contributed by atoms with E-state index in [0.29, 0.717) is 22.2 Å². The van der Waals surface area contributed by atoms with E-state index in [0.717, 1.165) is 43.1 Å². The Hall–Kier alpha value is -5.39. The van der Waals surface area contributed by atoms with Crippen molar-refractivity contribution in [3.63, 3.8) is 0 Å². The fourth-order valence-corrected chi connectivity index (χ4v) is 15.3. The van der Waals surface area contributed by atoms with E-state index in [2.05, 4.69) is 73.7 Å². The van der Waals surface area contributed by atoms with Crippen LogP contribution in [0, 0.1) is 31.4 Å². The summed E-state index contributed by atoms with van der Waals surface area (Å²) in [6.07, 6.45) is 2.64. The number of carbonyl (C=O) groups is 2. The van der Waals surface area contributed by atoms with Crippen molar-refractivity contribution >= 4 is 83.2 Å². The van der Waals surface area contributed by atoms with Gasteiger partial charge in [0.25, 0.3) is 14.0 Å². The van der Waals surface area contributed by atoms with Crippen LogP contribution >= 0.6 is 22.6 Å². The van der Waals surface area contributed by atoms with E-state index in [9.17, 15) is 29.8 Å². The fourth-order valence-electron chi connectivity index (χ4n) is 10.1. The highest BCUT2D eigenvalue weighted by Gasteiger charge is 2.58. The predicted molar refractivity (Wildman–Crippen MR) is 260 cm³/mol. The van der Waals surface area contributed by atoms with Crippen molar-refractivity contribution in [2.24, 2.45) is 17.8 Å². The Morgan fingerprint density at radius 1 is 0.922 bits per heavy atom. The highest BCUT2D eigenvalue weighted by Crippen LogP contribution is 2.52. The largest absolute Gasteiger partial charge is 0.504 e. The zero-order chi connectivity index (χ0) is 45.3. The number of allylic oxidation sites excluding steroid dienone is 1. The number of benzene rings is 5. The van der Waals surface area contributed by atoms with Crippen LogP contribution in [0.15, 0.2) is 139 Å². The van der Waals surface area contributed by atoms with Crippen molar-refractivity contribution in [3.8, 4) is 11.5 Å². The monoisotopic (exact) mass is 988 g/mol. The number of phenols is 1. The lowest BCUT2D eigenvalue weighted by atomic mass is 9.58. The molecule has 5 aromatic carbocycles. The smallest absolute Gasteiger partial charge is 0.455 e. The molecule has 0 unspecified atom stereocenters. The van der Waals surface area contributed by atoms with E-state index in [-0.39, 0.29) is 41.5 Å². The molecule has 3 aliphatic rings. The van der Waals surface area contributed by atoms with Gasteiger partial charge in [0.1, 0.15) is 0 Å². The van der Waals surface area contributed by atoms with Gasteiger partial charge in [-0.15, -0.1) is 0 Å². The SMILES string of the molecule is COc1cc(/C=C(/CC[C@H]2OB(O)C[C@H]3C2=C(CO[Si](c2ccccc2)(c2ccccc2)C(C)(C)C)C[C@H]2C(=O)N(c4cccc([N+](=O)[O-])c4)C(=O)[C@H]23)c2ccccc2)cc(I)c1O. The van der Waals surface area contributed by atoms with Crippen molar-refractivity contribution in [3.05, 3.63) is 163 Å². The number of nitro benzene ring substituents is 1. The molecule has 4 atom stereocenters. The van der Waals surface area contributed by atoms with Crippen molar-refractivity contribution < 1.29 is 38.5 Å². The molecule has 0 aromatic heterocycles. The third kappa shape index (κ3) is 8.61. The summed E-state index contributed by atoms with van der Waals surface area (Å²) in [5.74, 6) is -2.63. The lowest BCUT2D eigenvalue weighted by molar-refractivity contribution is -0.384. The zero-order valence-corrected chi connectivity index (χ0v) is 39.3. The van der Waals surface area contributed by atoms with Gasteiger partial charge in [-0.05, 0) is 116 Å². The lowest BCUT2D eigenvalue weighted by Crippen LogP contribution is -2.66. The van der Waals surface area contributed by atoms with Crippen LogP contribution in [-0.4, -0.2) is 62.1 Å². The summed E-state index contributed by atoms with van der Waals surface area (Å²) in [6.45, 7) is 6.78. The molecule has 0 radical (unpaired) electrons. The van der Waals surface area contributed by atoms with Crippen LogP contribution in [0.1, 0.15) is 51.2 Å². The van der Waals surface area contributed by atoms with Gasteiger partial charge in [0, 0.05) is 12.1 Å². The highest BCUT2D eigenvalue weighted by molar-refractivity contribution is 14.1. The number of nitrogens with zero attached hydrogens (tertiary/aromatic N) is 2. The first kappa shape index (κ1) is 45.2. The molecule has 2 amide bonds. The average Bonchev–Trinajstić information content (AvgIpc) is 3.54. The normalized spacial score (nSPS) is 20.3. The van der Waals surface area contributed by atoms with Crippen LogP contribution in [0.25, 0.3) is 11.6 Å². The van der Waals surface area contributed by atoms with Crippen molar-refractivity contribution in [1.29, 1.82) is 0 Å². The maximum atomic E-state index is 14.7. The second-order valence-electron chi connectivity index (χ2n) is 17.7. The van der Waals surface area contributed by atoms with Gasteiger partial charge in [0.05, 0.1) is 45.8 Å². The molecule has 11 nitrogen and oxygen atoms in total. The number of rotatable bonds is 13. The topological polar surface area (TPSA) is 149 Å². The van der Waals surface area contributed by atoms with Gasteiger partial charge in [-0.2, -0.15) is 0 Å². The Labute approximate surface area is 388 Å². The molecule has 0 spiro atoms. The Bertz CT molecular complexity index is 2580. The minimum Gasteiger partial charge on any atom is -0.504 e. The first-order valence-electron chi connectivity index (χ1n) is 21.5. The molecule has 328 valence electrons. The van der Waals surface area contributed by atoms with E-state index in [1.54, 1.807) is 12.1 Å². The number of nitro groups is 1. The predicted octanol–water partition coefficient (Wildman–Crippen LogP) is 8.81. The summed E-state index contributed by atoms with van der Waals surface area (Å²) < 4.78 is 20.2. The maximum absolute atomic E-state index is 14.7. The number of hydrogen-bond acceptors (Lipinski definition) is 9. The Morgan fingerprint density at radius 3 is 2.17 bits per heavy atom. The summed E-state index contributed by atoms with van der Waals surface area (Å²) in [5, 5.41) is 35.8. The van der Waals surface area contributed by atoms with Crippen LogP contribution in [0.3, 0.4) is 0 Å². The van der Waals surface area contributed by atoms with Crippen molar-refractivity contribution in [2.75, 3.05) is 18.6 Å². The molecule has 0 bridgehead atoms. The number of imide groups is 1. The van der Waals surface area contributed by atoms with Crippen LogP contribution in [0.4, 0.5) is 11.4 Å². The van der Waals surface area contributed by atoms with Gasteiger partial charge < -0.3 is 23.9 Å². The molecule has 2 N–H and O–H groups in total. The standard InChI is InChI=1S/C50H50BIN2O9Si/c1-50(2,3)64(38-19-10-6-11-20-38,39-21-12-7-13-22-39)62-31-35-28-40-46(49(57)53(48(40)56)36-17-14-18-37(29-36)54(59)60)41-30-51(58)63-43(45(35)41)24-23-34(33-15-8-5-9-16-33)25-32-26-42(52)47(55)44(27-32)61-4/h5-22,25-27,29,40-41,43,46,55,58H,23-24,28,30-31H2,1-4H3/b34-25-/t40-,41+,43-,46-/m1/s1. The summed E-state index contributed by atoms with van der Waals surface area (Å²) in [7, 11) is -2.81. The van der Waals surface area contributed by atoms with Gasteiger partial charge in [0.15, 0.2) is 11.5 Å². The maximum Gasteiger partial charge on any atom is 0.455 e. The number of aromatic hydroxyl groups is 1. The number of non-ortho nitro benzene ring substituents is 1. The number of anilines is 1. The number of methoxy groups -OCH3 is 1. The summed E-state index contributed by atoms with van der Waals surface area (Å²) in [4.78, 5) is 41.7. The average molecular weight is 989 g/mol. The molecule has 2 aliphatic heterocycles. The Kier molecular flexibility index (Phi) is 13.1. The molecule has 0 saturated carbocycles. The first-order valence-corrected chi connectivity index (χ1v) is 24.5. The molecular formula is C50H50BIN2O9Si. The first-order chi connectivity index (χ1) is 30.7. The fraction of sp³-hybridized carbons (Fsp3) is 0.280. The molecular weight excluding hydrogens is 938 g/mol. The second kappa shape index (κ2) is 18.6. The third-order valence-electron chi connectivity index (χ3n) is 12.9. The van der Waals surface area contributed by atoms with Gasteiger partial charge >= 0.3 is 7.12 Å². The molecule has 1 aliphatic carbocycles. The van der Waals surface area contributed by atoms with E-state index in [1.807, 2.05) is 72.8 Å². The summed E-state index contributed by atoms with van der Waals surface area (Å²) >= 11 is 2.08.